The van der Waals surface area contributed by atoms with Gasteiger partial charge in [-0.2, -0.15) is 0 Å². The van der Waals surface area contributed by atoms with Crippen LogP contribution in [0, 0.1) is 6.92 Å². The molecule has 78 valence electrons. The Labute approximate surface area is 92.6 Å². The van der Waals surface area contributed by atoms with E-state index in [1.807, 2.05) is 28.8 Å². The van der Waals surface area contributed by atoms with Gasteiger partial charge in [0.1, 0.15) is 12.0 Å². The van der Waals surface area contributed by atoms with Crippen LogP contribution in [0.3, 0.4) is 0 Å². The molecule has 4 heteroatoms. The summed E-state index contributed by atoms with van der Waals surface area (Å²) in [5, 5.41) is 7.98. The third kappa shape index (κ3) is 1.27. The Morgan fingerprint density at radius 2 is 2.06 bits per heavy atom. The van der Waals surface area contributed by atoms with Crippen molar-refractivity contribution < 1.29 is 0 Å². The quantitative estimate of drug-likeness (QED) is 0.617. The first-order valence-corrected chi connectivity index (χ1v) is 5.06. The van der Waals surface area contributed by atoms with E-state index in [2.05, 4.69) is 28.2 Å². The van der Waals surface area contributed by atoms with Gasteiger partial charge in [0.25, 0.3) is 0 Å². The monoisotopic (exact) mass is 210 g/mol. The van der Waals surface area contributed by atoms with Gasteiger partial charge >= 0.3 is 0 Å². The SMILES string of the molecule is Cc1ccccc1-c1nccn2cnnc12. The van der Waals surface area contributed by atoms with E-state index < -0.39 is 0 Å². The summed E-state index contributed by atoms with van der Waals surface area (Å²) in [7, 11) is 0. The van der Waals surface area contributed by atoms with Gasteiger partial charge in [-0.15, -0.1) is 10.2 Å². The molecule has 0 radical (unpaired) electrons. The van der Waals surface area contributed by atoms with E-state index in [1.165, 1.54) is 5.56 Å². The molecule has 0 N–H and O–H groups in total. The van der Waals surface area contributed by atoms with Crippen LogP contribution in [-0.2, 0) is 0 Å². The predicted octanol–water partition coefficient (Wildman–Crippen LogP) is 2.10. The third-order valence-corrected chi connectivity index (χ3v) is 2.62. The average molecular weight is 210 g/mol. The molecule has 2 heterocycles. The van der Waals surface area contributed by atoms with E-state index in [0.717, 1.165) is 16.9 Å². The van der Waals surface area contributed by atoms with Crippen LogP contribution in [0.4, 0.5) is 0 Å². The molecule has 0 aliphatic heterocycles. The molecule has 2 aromatic heterocycles. The number of rotatable bonds is 1. The molecule has 0 saturated carbocycles. The molecule has 0 bridgehead atoms. The summed E-state index contributed by atoms with van der Waals surface area (Å²) in [6.45, 7) is 2.07. The van der Waals surface area contributed by atoms with Crippen LogP contribution < -0.4 is 0 Å². The van der Waals surface area contributed by atoms with E-state index in [4.69, 9.17) is 0 Å². The van der Waals surface area contributed by atoms with E-state index in [9.17, 15) is 0 Å². The smallest absolute Gasteiger partial charge is 0.187 e. The Morgan fingerprint density at radius 1 is 1.19 bits per heavy atom. The summed E-state index contributed by atoms with van der Waals surface area (Å²) in [6, 6.07) is 8.13. The second-order valence-corrected chi connectivity index (χ2v) is 3.65. The molecule has 0 unspecified atom stereocenters. The highest BCUT2D eigenvalue weighted by Crippen LogP contribution is 2.23. The van der Waals surface area contributed by atoms with Gasteiger partial charge in [0, 0.05) is 18.0 Å². The molecule has 0 aliphatic carbocycles. The highest BCUT2D eigenvalue weighted by molar-refractivity contribution is 5.75. The van der Waals surface area contributed by atoms with Crippen molar-refractivity contribution in [1.29, 1.82) is 0 Å². The first-order chi connectivity index (χ1) is 7.86. The second-order valence-electron chi connectivity index (χ2n) is 3.65. The second kappa shape index (κ2) is 3.41. The van der Waals surface area contributed by atoms with Crippen molar-refractivity contribution in [2.24, 2.45) is 0 Å². The number of fused-ring (bicyclic) bond motifs is 1. The number of aryl methyl sites for hydroxylation is 1. The Kier molecular flexibility index (Phi) is 1.93. The fourth-order valence-corrected chi connectivity index (χ4v) is 1.79. The molecule has 0 spiro atoms. The Balaban J connectivity index is 2.34. The van der Waals surface area contributed by atoms with E-state index in [1.54, 1.807) is 12.5 Å². The molecule has 0 aliphatic rings. The van der Waals surface area contributed by atoms with Crippen LogP contribution >= 0.6 is 0 Å². The van der Waals surface area contributed by atoms with Crippen LogP contribution in [0.15, 0.2) is 43.0 Å². The lowest BCUT2D eigenvalue weighted by molar-refractivity contribution is 1.10. The minimum Gasteiger partial charge on any atom is -0.286 e. The van der Waals surface area contributed by atoms with Crippen molar-refractivity contribution in [3.8, 4) is 11.3 Å². The minimum absolute atomic E-state index is 0.789. The van der Waals surface area contributed by atoms with Crippen LogP contribution in [0.25, 0.3) is 16.9 Å². The summed E-state index contributed by atoms with van der Waals surface area (Å²) in [5.74, 6) is 0. The maximum atomic E-state index is 4.39. The van der Waals surface area contributed by atoms with Crippen LogP contribution in [0.1, 0.15) is 5.56 Å². The lowest BCUT2D eigenvalue weighted by Crippen LogP contribution is -1.92. The Hall–Kier alpha value is -2.23. The molecule has 0 fully saturated rings. The van der Waals surface area contributed by atoms with Crippen molar-refractivity contribution in [2.45, 2.75) is 6.92 Å². The van der Waals surface area contributed by atoms with Crippen molar-refractivity contribution >= 4 is 5.65 Å². The number of nitrogens with zero attached hydrogens (tertiary/aromatic N) is 4. The first kappa shape index (κ1) is 9.03. The van der Waals surface area contributed by atoms with Crippen molar-refractivity contribution in [2.75, 3.05) is 0 Å². The summed E-state index contributed by atoms with van der Waals surface area (Å²) in [5.41, 5.74) is 3.95. The highest BCUT2D eigenvalue weighted by atomic mass is 15.2. The summed E-state index contributed by atoms with van der Waals surface area (Å²) in [4.78, 5) is 4.39. The zero-order valence-corrected chi connectivity index (χ0v) is 8.83. The third-order valence-electron chi connectivity index (χ3n) is 2.62. The van der Waals surface area contributed by atoms with Crippen molar-refractivity contribution in [3.05, 3.63) is 48.5 Å². The zero-order chi connectivity index (χ0) is 11.0. The summed E-state index contributed by atoms with van der Waals surface area (Å²) < 4.78 is 1.87. The van der Waals surface area contributed by atoms with Crippen LogP contribution in [0.5, 0.6) is 0 Å². The minimum atomic E-state index is 0.789. The Bertz CT molecular complexity index is 642. The number of aromatic nitrogens is 4. The van der Waals surface area contributed by atoms with Gasteiger partial charge in [-0.3, -0.25) is 9.38 Å². The molecule has 3 rings (SSSR count). The topological polar surface area (TPSA) is 43.1 Å². The molecule has 0 saturated heterocycles. The highest BCUT2D eigenvalue weighted by Gasteiger charge is 2.08. The standard InChI is InChI=1S/C12H10N4/c1-9-4-2-3-5-10(9)11-12-15-14-8-16(12)7-6-13-11/h2-8H,1H3. The Morgan fingerprint density at radius 3 is 2.94 bits per heavy atom. The molecule has 1 aromatic carbocycles. The van der Waals surface area contributed by atoms with Crippen molar-refractivity contribution in [1.82, 2.24) is 19.6 Å². The fraction of sp³-hybridized carbons (Fsp3) is 0.0833. The molecule has 4 nitrogen and oxygen atoms in total. The summed E-state index contributed by atoms with van der Waals surface area (Å²) >= 11 is 0. The van der Waals surface area contributed by atoms with Gasteiger partial charge < -0.3 is 0 Å². The lowest BCUT2D eigenvalue weighted by Gasteiger charge is -2.04. The normalized spacial score (nSPS) is 10.8. The number of hydrogen-bond donors (Lipinski definition) is 0. The number of benzene rings is 1. The molecule has 0 atom stereocenters. The van der Waals surface area contributed by atoms with E-state index in [0.29, 0.717) is 0 Å². The van der Waals surface area contributed by atoms with Gasteiger partial charge in [0.05, 0.1) is 0 Å². The van der Waals surface area contributed by atoms with Crippen molar-refractivity contribution in [3.63, 3.8) is 0 Å². The fourth-order valence-electron chi connectivity index (χ4n) is 1.79. The van der Waals surface area contributed by atoms with Crippen LogP contribution in [-0.4, -0.2) is 19.6 Å². The molecular formula is C12H10N4. The number of hydrogen-bond acceptors (Lipinski definition) is 3. The molecular weight excluding hydrogens is 200 g/mol. The van der Waals surface area contributed by atoms with Gasteiger partial charge in [-0.05, 0) is 12.5 Å². The van der Waals surface area contributed by atoms with Gasteiger partial charge in [-0.1, -0.05) is 24.3 Å². The maximum Gasteiger partial charge on any atom is 0.187 e. The summed E-state index contributed by atoms with van der Waals surface area (Å²) in [6.07, 6.45) is 5.29. The largest absolute Gasteiger partial charge is 0.286 e. The van der Waals surface area contributed by atoms with E-state index >= 15 is 0 Å². The lowest BCUT2D eigenvalue weighted by atomic mass is 10.1. The average Bonchev–Trinajstić information content (AvgIpc) is 2.77. The maximum absolute atomic E-state index is 4.39. The molecule has 3 aromatic rings. The zero-order valence-electron chi connectivity index (χ0n) is 8.83. The molecule has 16 heavy (non-hydrogen) atoms. The van der Waals surface area contributed by atoms with Gasteiger partial charge in [0.15, 0.2) is 5.65 Å². The van der Waals surface area contributed by atoms with E-state index in [-0.39, 0.29) is 0 Å². The van der Waals surface area contributed by atoms with Gasteiger partial charge in [0.2, 0.25) is 0 Å². The van der Waals surface area contributed by atoms with Gasteiger partial charge in [-0.25, -0.2) is 0 Å². The van der Waals surface area contributed by atoms with Crippen LogP contribution in [0.2, 0.25) is 0 Å². The first-order valence-electron chi connectivity index (χ1n) is 5.06. The molecule has 0 amide bonds. The predicted molar refractivity (Wildman–Crippen MR) is 61.0 cm³/mol.